The summed E-state index contributed by atoms with van der Waals surface area (Å²) in [7, 11) is 1.85. The van der Waals surface area contributed by atoms with Crippen molar-refractivity contribution < 1.29 is 9.59 Å². The van der Waals surface area contributed by atoms with E-state index < -0.39 is 0 Å². The molecule has 1 aromatic rings. The van der Waals surface area contributed by atoms with Gasteiger partial charge in [-0.1, -0.05) is 12.1 Å². The van der Waals surface area contributed by atoms with E-state index in [4.69, 9.17) is 0 Å². The first-order valence-corrected chi connectivity index (χ1v) is 8.56. The number of hydrogen-bond donors (Lipinski definition) is 2. The number of nitrogens with zero attached hydrogens (tertiary/aromatic N) is 1. The van der Waals surface area contributed by atoms with Crippen molar-refractivity contribution in [2.45, 2.75) is 30.7 Å². The fraction of sp³-hybridized carbons (Fsp3) is 0.500. The molecular weight excluding hydrogens is 334 g/mol. The van der Waals surface area contributed by atoms with Crippen LogP contribution in [0.3, 0.4) is 0 Å². The van der Waals surface area contributed by atoms with E-state index in [0.717, 1.165) is 16.3 Å². The summed E-state index contributed by atoms with van der Waals surface area (Å²) in [5.41, 5.74) is 0.966. The predicted octanol–water partition coefficient (Wildman–Crippen LogP) is 2.05. The highest BCUT2D eigenvalue weighted by Crippen LogP contribution is 2.34. The molecule has 2 rings (SSSR count). The van der Waals surface area contributed by atoms with E-state index in [0.29, 0.717) is 13.1 Å². The zero-order chi connectivity index (χ0) is 15.9. The van der Waals surface area contributed by atoms with Crippen molar-refractivity contribution in [2.24, 2.45) is 0 Å². The minimum atomic E-state index is -0.0740. The summed E-state index contributed by atoms with van der Waals surface area (Å²) >= 11 is 1.77. The second kappa shape index (κ2) is 9.80. The number of likely N-dealkylation sites (N-methyl/N-ethyl adjacent to an activating group) is 1. The molecule has 1 atom stereocenters. The maximum Gasteiger partial charge on any atom is 0.227 e. The fourth-order valence-electron chi connectivity index (χ4n) is 2.24. The van der Waals surface area contributed by atoms with Crippen molar-refractivity contribution in [3.63, 3.8) is 0 Å². The highest BCUT2D eigenvalue weighted by molar-refractivity contribution is 7.99. The Balaban J connectivity index is 0.00000264. The molecule has 128 valence electrons. The van der Waals surface area contributed by atoms with Crippen molar-refractivity contribution in [1.29, 1.82) is 0 Å². The highest BCUT2D eigenvalue weighted by atomic mass is 35.5. The van der Waals surface area contributed by atoms with E-state index in [-0.39, 0.29) is 43.1 Å². The van der Waals surface area contributed by atoms with Gasteiger partial charge in [-0.25, -0.2) is 0 Å². The average Bonchev–Trinajstić information content (AvgIpc) is 2.56. The lowest BCUT2D eigenvalue weighted by Crippen LogP contribution is -2.38. The van der Waals surface area contributed by atoms with Crippen molar-refractivity contribution in [3.8, 4) is 0 Å². The number of nitrogens with one attached hydrogen (secondary N) is 2. The second-order valence-corrected chi connectivity index (χ2v) is 6.49. The SMILES string of the molecule is CNC(C)CNC(=O)CCC(=O)N1CCSc2ccccc21.Cl. The molecule has 0 bridgehead atoms. The molecule has 0 saturated carbocycles. The number of amides is 2. The Labute approximate surface area is 148 Å². The molecule has 1 aromatic carbocycles. The molecule has 2 amide bonds. The lowest BCUT2D eigenvalue weighted by atomic mass is 10.2. The molecule has 7 heteroatoms. The van der Waals surface area contributed by atoms with Crippen LogP contribution in [0.4, 0.5) is 5.69 Å². The van der Waals surface area contributed by atoms with Gasteiger partial charge < -0.3 is 15.5 Å². The van der Waals surface area contributed by atoms with Crippen molar-refractivity contribution in [2.75, 3.05) is 30.8 Å². The van der Waals surface area contributed by atoms with Gasteiger partial charge in [0.25, 0.3) is 0 Å². The normalized spacial score (nSPS) is 14.4. The van der Waals surface area contributed by atoms with Crippen LogP contribution in [0.15, 0.2) is 29.2 Å². The summed E-state index contributed by atoms with van der Waals surface area (Å²) < 4.78 is 0. The third-order valence-electron chi connectivity index (χ3n) is 3.69. The van der Waals surface area contributed by atoms with Gasteiger partial charge in [-0.15, -0.1) is 24.2 Å². The fourth-order valence-corrected chi connectivity index (χ4v) is 3.24. The van der Waals surface area contributed by atoms with Crippen LogP contribution >= 0.6 is 24.2 Å². The maximum atomic E-state index is 12.4. The zero-order valence-electron chi connectivity index (χ0n) is 13.5. The van der Waals surface area contributed by atoms with Crippen LogP contribution in [0.2, 0.25) is 0 Å². The molecule has 1 aliphatic heterocycles. The molecule has 2 N–H and O–H groups in total. The lowest BCUT2D eigenvalue weighted by molar-refractivity contribution is -0.125. The molecule has 0 fully saturated rings. The number of thioether (sulfide) groups is 1. The molecular formula is C16H24ClN3O2S. The number of para-hydroxylation sites is 1. The van der Waals surface area contributed by atoms with E-state index >= 15 is 0 Å². The Morgan fingerprint density at radius 3 is 2.78 bits per heavy atom. The topological polar surface area (TPSA) is 61.4 Å². The van der Waals surface area contributed by atoms with Gasteiger partial charge in [0, 0.05) is 42.6 Å². The second-order valence-electron chi connectivity index (χ2n) is 5.36. The molecule has 0 radical (unpaired) electrons. The first-order valence-electron chi connectivity index (χ1n) is 7.58. The third kappa shape index (κ3) is 5.71. The van der Waals surface area contributed by atoms with E-state index in [1.54, 1.807) is 16.7 Å². The van der Waals surface area contributed by atoms with Gasteiger partial charge in [0.15, 0.2) is 0 Å². The summed E-state index contributed by atoms with van der Waals surface area (Å²) in [6, 6.07) is 8.15. The Morgan fingerprint density at radius 2 is 2.04 bits per heavy atom. The molecule has 0 spiro atoms. The molecule has 1 heterocycles. The number of anilines is 1. The van der Waals surface area contributed by atoms with E-state index in [2.05, 4.69) is 10.6 Å². The number of benzene rings is 1. The lowest BCUT2D eigenvalue weighted by Gasteiger charge is -2.29. The monoisotopic (exact) mass is 357 g/mol. The summed E-state index contributed by atoms with van der Waals surface area (Å²) in [5.74, 6) is 0.842. The van der Waals surface area contributed by atoms with Crippen LogP contribution in [0.1, 0.15) is 19.8 Å². The van der Waals surface area contributed by atoms with Gasteiger partial charge in [0.05, 0.1) is 5.69 Å². The molecule has 0 aromatic heterocycles. The predicted molar refractivity (Wildman–Crippen MR) is 97.5 cm³/mol. The summed E-state index contributed by atoms with van der Waals surface area (Å²) in [6.45, 7) is 3.28. The quantitative estimate of drug-likeness (QED) is 0.818. The molecule has 1 aliphatic rings. The zero-order valence-corrected chi connectivity index (χ0v) is 15.1. The number of carbonyl (C=O) groups is 2. The highest BCUT2D eigenvalue weighted by Gasteiger charge is 2.22. The van der Waals surface area contributed by atoms with Gasteiger partial charge in [0.2, 0.25) is 11.8 Å². The van der Waals surface area contributed by atoms with Crippen LogP contribution in [-0.4, -0.2) is 43.7 Å². The molecule has 0 aliphatic carbocycles. The summed E-state index contributed by atoms with van der Waals surface area (Å²) in [5, 5.41) is 5.89. The first-order chi connectivity index (χ1) is 10.6. The van der Waals surface area contributed by atoms with Gasteiger partial charge in [-0.2, -0.15) is 0 Å². The minimum absolute atomic E-state index is 0. The van der Waals surface area contributed by atoms with Crippen LogP contribution in [0.25, 0.3) is 0 Å². The Bertz CT molecular complexity index is 542. The number of hydrogen-bond acceptors (Lipinski definition) is 4. The smallest absolute Gasteiger partial charge is 0.227 e. The Kier molecular flexibility index (Phi) is 8.44. The summed E-state index contributed by atoms with van der Waals surface area (Å²) in [6.07, 6.45) is 0.486. The van der Waals surface area contributed by atoms with Crippen LogP contribution in [0, 0.1) is 0 Å². The van der Waals surface area contributed by atoms with Crippen molar-refractivity contribution >= 4 is 41.7 Å². The van der Waals surface area contributed by atoms with E-state index in [9.17, 15) is 9.59 Å². The molecule has 5 nitrogen and oxygen atoms in total. The van der Waals surface area contributed by atoms with E-state index in [1.807, 2.05) is 38.2 Å². The molecule has 23 heavy (non-hydrogen) atoms. The van der Waals surface area contributed by atoms with Gasteiger partial charge in [-0.05, 0) is 26.1 Å². The number of rotatable bonds is 6. The van der Waals surface area contributed by atoms with Crippen molar-refractivity contribution in [3.05, 3.63) is 24.3 Å². The van der Waals surface area contributed by atoms with Crippen molar-refractivity contribution in [1.82, 2.24) is 10.6 Å². The van der Waals surface area contributed by atoms with Gasteiger partial charge >= 0.3 is 0 Å². The summed E-state index contributed by atoms with van der Waals surface area (Å²) in [4.78, 5) is 27.1. The van der Waals surface area contributed by atoms with Crippen LogP contribution in [-0.2, 0) is 9.59 Å². The maximum absolute atomic E-state index is 12.4. The molecule has 1 unspecified atom stereocenters. The first kappa shape index (κ1) is 19.8. The largest absolute Gasteiger partial charge is 0.355 e. The average molecular weight is 358 g/mol. The Hall–Kier alpha value is -1.24. The van der Waals surface area contributed by atoms with E-state index in [1.165, 1.54) is 0 Å². The van der Waals surface area contributed by atoms with Crippen LogP contribution in [0.5, 0.6) is 0 Å². The standard InChI is InChI=1S/C16H23N3O2S.ClH/c1-12(17-2)11-18-15(20)7-8-16(21)19-9-10-22-14-6-4-3-5-13(14)19;/h3-6,12,17H,7-11H2,1-2H3,(H,18,20);1H. The number of carbonyl (C=O) groups excluding carboxylic acids is 2. The molecule has 0 saturated heterocycles. The third-order valence-corrected chi connectivity index (χ3v) is 4.74. The van der Waals surface area contributed by atoms with Gasteiger partial charge in [0.1, 0.15) is 0 Å². The van der Waals surface area contributed by atoms with Gasteiger partial charge in [-0.3, -0.25) is 9.59 Å². The minimum Gasteiger partial charge on any atom is -0.355 e. The number of fused-ring (bicyclic) bond motifs is 1. The van der Waals surface area contributed by atoms with Crippen LogP contribution < -0.4 is 15.5 Å². The Morgan fingerprint density at radius 1 is 1.30 bits per heavy atom. The number of halogens is 1.